The van der Waals surface area contributed by atoms with E-state index >= 15 is 0 Å². The van der Waals surface area contributed by atoms with Gasteiger partial charge < -0.3 is 15.0 Å². The molecule has 0 saturated heterocycles. The van der Waals surface area contributed by atoms with Crippen molar-refractivity contribution in [3.05, 3.63) is 35.4 Å². The van der Waals surface area contributed by atoms with E-state index in [0.717, 1.165) is 24.0 Å². The van der Waals surface area contributed by atoms with Crippen LogP contribution in [-0.4, -0.2) is 42.5 Å². The molecule has 5 nitrogen and oxygen atoms in total. The highest BCUT2D eigenvalue weighted by Crippen LogP contribution is 2.25. The number of fused-ring (bicyclic) bond motifs is 1. The molecule has 138 valence electrons. The summed E-state index contributed by atoms with van der Waals surface area (Å²) < 4.78 is 5.30. The van der Waals surface area contributed by atoms with Crippen molar-refractivity contribution < 1.29 is 14.3 Å². The summed E-state index contributed by atoms with van der Waals surface area (Å²) in [5.41, 5.74) is 2.30. The number of ether oxygens (including phenoxy) is 1. The lowest BCUT2D eigenvalue weighted by Crippen LogP contribution is -2.53. The number of carbonyl (C=O) groups excluding carboxylic acids is 2. The molecule has 2 amide bonds. The summed E-state index contributed by atoms with van der Waals surface area (Å²) >= 11 is 0. The van der Waals surface area contributed by atoms with Crippen LogP contribution >= 0.6 is 0 Å². The van der Waals surface area contributed by atoms with Gasteiger partial charge in [-0.25, -0.2) is 0 Å². The van der Waals surface area contributed by atoms with E-state index in [1.54, 1.807) is 4.90 Å². The minimum absolute atomic E-state index is 0.0615. The maximum absolute atomic E-state index is 12.8. The van der Waals surface area contributed by atoms with Gasteiger partial charge in [0, 0.05) is 38.6 Å². The monoisotopic (exact) mass is 346 g/mol. The van der Waals surface area contributed by atoms with Crippen molar-refractivity contribution in [2.24, 2.45) is 5.92 Å². The Kier molecular flexibility index (Phi) is 7.44. The first kappa shape index (κ1) is 19.4. The summed E-state index contributed by atoms with van der Waals surface area (Å²) in [6.07, 6.45) is 2.14. The van der Waals surface area contributed by atoms with Crippen molar-refractivity contribution >= 4 is 11.8 Å². The van der Waals surface area contributed by atoms with Crippen LogP contribution in [0.15, 0.2) is 24.3 Å². The van der Waals surface area contributed by atoms with Crippen molar-refractivity contribution in [3.8, 4) is 0 Å². The summed E-state index contributed by atoms with van der Waals surface area (Å²) in [6, 6.07) is 7.64. The average Bonchev–Trinajstić information content (AvgIpc) is 2.65. The van der Waals surface area contributed by atoms with Gasteiger partial charge in [-0.15, -0.1) is 0 Å². The lowest BCUT2D eigenvalue weighted by Gasteiger charge is -2.37. The van der Waals surface area contributed by atoms with E-state index in [4.69, 9.17) is 4.74 Å². The van der Waals surface area contributed by atoms with Crippen LogP contribution in [0.5, 0.6) is 0 Å². The van der Waals surface area contributed by atoms with Crippen LogP contribution in [-0.2, 0) is 27.3 Å². The zero-order valence-corrected chi connectivity index (χ0v) is 15.6. The van der Waals surface area contributed by atoms with Gasteiger partial charge >= 0.3 is 0 Å². The topological polar surface area (TPSA) is 58.6 Å². The molecule has 0 aromatic heterocycles. The second kappa shape index (κ2) is 9.56. The zero-order valence-electron chi connectivity index (χ0n) is 15.6. The minimum Gasteiger partial charge on any atom is -0.382 e. The molecule has 1 N–H and O–H groups in total. The van der Waals surface area contributed by atoms with Crippen LogP contribution in [0.25, 0.3) is 0 Å². The number of rotatable bonds is 8. The van der Waals surface area contributed by atoms with Gasteiger partial charge in [0.1, 0.15) is 6.04 Å². The van der Waals surface area contributed by atoms with E-state index in [1.807, 2.05) is 39.0 Å². The summed E-state index contributed by atoms with van der Waals surface area (Å²) in [5, 5.41) is 2.97. The van der Waals surface area contributed by atoms with Crippen LogP contribution in [0.2, 0.25) is 0 Å². The Morgan fingerprint density at radius 1 is 1.28 bits per heavy atom. The van der Waals surface area contributed by atoms with Crippen LogP contribution in [0, 0.1) is 5.92 Å². The number of nitrogens with zero attached hydrogens (tertiary/aromatic N) is 1. The second-order valence-electron chi connectivity index (χ2n) is 6.61. The molecule has 0 radical (unpaired) electrons. The van der Waals surface area contributed by atoms with E-state index in [0.29, 0.717) is 32.7 Å². The highest BCUT2D eigenvalue weighted by Gasteiger charge is 2.35. The van der Waals surface area contributed by atoms with E-state index < -0.39 is 6.04 Å². The van der Waals surface area contributed by atoms with Gasteiger partial charge in [-0.3, -0.25) is 9.59 Å². The number of hydrogen-bond donors (Lipinski definition) is 1. The third kappa shape index (κ3) is 5.05. The van der Waals surface area contributed by atoms with E-state index in [-0.39, 0.29) is 17.7 Å². The molecule has 2 atom stereocenters. The largest absolute Gasteiger partial charge is 0.382 e. The molecule has 1 heterocycles. The molecule has 2 rings (SSSR count). The Bertz CT molecular complexity index is 588. The first-order valence-corrected chi connectivity index (χ1v) is 9.31. The maximum Gasteiger partial charge on any atom is 0.243 e. The van der Waals surface area contributed by atoms with Gasteiger partial charge in [0.05, 0.1) is 0 Å². The SMILES string of the molecule is CCOCCCNC(=O)[C@H]1Cc2ccccc2CN1C(=O)[C@H](C)CC. The Balaban J connectivity index is 2.08. The summed E-state index contributed by atoms with van der Waals surface area (Å²) in [7, 11) is 0. The maximum atomic E-state index is 12.8. The van der Waals surface area contributed by atoms with Crippen LogP contribution in [0.3, 0.4) is 0 Å². The number of nitrogens with one attached hydrogen (secondary N) is 1. The van der Waals surface area contributed by atoms with Crippen molar-refractivity contribution in [3.63, 3.8) is 0 Å². The molecule has 5 heteroatoms. The lowest BCUT2D eigenvalue weighted by molar-refractivity contribution is -0.144. The molecule has 0 bridgehead atoms. The second-order valence-corrected chi connectivity index (χ2v) is 6.61. The van der Waals surface area contributed by atoms with Gasteiger partial charge in [0.2, 0.25) is 11.8 Å². The van der Waals surface area contributed by atoms with Crippen LogP contribution in [0.4, 0.5) is 0 Å². The molecule has 0 aliphatic carbocycles. The molecular formula is C20H30N2O3. The first-order valence-electron chi connectivity index (χ1n) is 9.31. The molecule has 0 fully saturated rings. The third-order valence-electron chi connectivity index (χ3n) is 4.84. The van der Waals surface area contributed by atoms with Gasteiger partial charge in [-0.1, -0.05) is 38.1 Å². The fourth-order valence-electron chi connectivity index (χ4n) is 3.09. The molecule has 25 heavy (non-hydrogen) atoms. The van der Waals surface area contributed by atoms with Gasteiger partial charge in [-0.2, -0.15) is 0 Å². The van der Waals surface area contributed by atoms with E-state index in [9.17, 15) is 9.59 Å². The van der Waals surface area contributed by atoms with Gasteiger partial charge in [-0.05, 0) is 30.9 Å². The molecule has 0 unspecified atom stereocenters. The highest BCUT2D eigenvalue weighted by molar-refractivity contribution is 5.89. The smallest absolute Gasteiger partial charge is 0.243 e. The van der Waals surface area contributed by atoms with Crippen molar-refractivity contribution in [1.82, 2.24) is 10.2 Å². The van der Waals surface area contributed by atoms with Crippen molar-refractivity contribution in [2.75, 3.05) is 19.8 Å². The number of carbonyl (C=O) groups is 2. The number of amides is 2. The van der Waals surface area contributed by atoms with Crippen LogP contribution in [0.1, 0.15) is 44.7 Å². The third-order valence-corrected chi connectivity index (χ3v) is 4.84. The first-order chi connectivity index (χ1) is 12.1. The lowest BCUT2D eigenvalue weighted by atomic mass is 9.92. The predicted octanol–water partition coefficient (Wildman–Crippen LogP) is 2.53. The summed E-state index contributed by atoms with van der Waals surface area (Å²) in [4.78, 5) is 27.3. The quantitative estimate of drug-likeness (QED) is 0.736. The fraction of sp³-hybridized carbons (Fsp3) is 0.600. The van der Waals surface area contributed by atoms with Gasteiger partial charge in [0.25, 0.3) is 0 Å². The average molecular weight is 346 g/mol. The minimum atomic E-state index is -0.427. The normalized spacial score (nSPS) is 17.7. The standard InChI is InChI=1S/C20H30N2O3/c1-4-15(3)20(24)22-14-17-10-7-6-9-16(17)13-18(22)19(23)21-11-8-12-25-5-2/h6-7,9-10,15,18H,4-5,8,11-14H2,1-3H3,(H,21,23)/t15-,18-/m1/s1. The molecule has 1 aromatic carbocycles. The molecule has 0 saturated carbocycles. The van der Waals surface area contributed by atoms with Crippen molar-refractivity contribution in [2.45, 2.75) is 52.6 Å². The Morgan fingerprint density at radius 3 is 2.68 bits per heavy atom. The van der Waals surface area contributed by atoms with Gasteiger partial charge in [0.15, 0.2) is 0 Å². The predicted molar refractivity (Wildman–Crippen MR) is 98.1 cm³/mol. The Morgan fingerprint density at radius 2 is 2.00 bits per heavy atom. The molecule has 1 aliphatic heterocycles. The molecule has 1 aliphatic rings. The molecule has 0 spiro atoms. The number of benzene rings is 1. The summed E-state index contributed by atoms with van der Waals surface area (Å²) in [6.45, 7) is 8.29. The zero-order chi connectivity index (χ0) is 18.2. The van der Waals surface area contributed by atoms with E-state index in [1.165, 1.54) is 0 Å². The van der Waals surface area contributed by atoms with Crippen LogP contribution < -0.4 is 5.32 Å². The number of hydrogen-bond acceptors (Lipinski definition) is 3. The Labute approximate surface area is 150 Å². The summed E-state index contributed by atoms with van der Waals surface area (Å²) in [5.74, 6) is -0.0763. The fourth-order valence-corrected chi connectivity index (χ4v) is 3.09. The van der Waals surface area contributed by atoms with E-state index in [2.05, 4.69) is 11.4 Å². The molecular weight excluding hydrogens is 316 g/mol. The highest BCUT2D eigenvalue weighted by atomic mass is 16.5. The van der Waals surface area contributed by atoms with Crippen molar-refractivity contribution in [1.29, 1.82) is 0 Å². The Hall–Kier alpha value is -1.88. The molecule has 1 aromatic rings.